The Labute approximate surface area is 126 Å². The van der Waals surface area contributed by atoms with Crippen LogP contribution in [0.15, 0.2) is 11.4 Å². The minimum Gasteiger partial charge on any atom is -0.481 e. The van der Waals surface area contributed by atoms with E-state index in [-0.39, 0.29) is 28.8 Å². The molecule has 8 heteroatoms. The molecule has 0 aliphatic rings. The van der Waals surface area contributed by atoms with E-state index in [4.69, 9.17) is 5.11 Å². The molecule has 1 atom stereocenters. The lowest BCUT2D eigenvalue weighted by Gasteiger charge is -2.13. The minimum absolute atomic E-state index is 0.0620. The van der Waals surface area contributed by atoms with Gasteiger partial charge in [0.1, 0.15) is 0 Å². The van der Waals surface area contributed by atoms with Crippen LogP contribution < -0.4 is 5.32 Å². The van der Waals surface area contributed by atoms with Gasteiger partial charge in [0.05, 0.1) is 10.5 Å². The molecule has 0 aliphatic carbocycles. The molecule has 0 aliphatic heterocycles. The number of nitrogens with zero attached hydrogens (tertiary/aromatic N) is 1. The van der Waals surface area contributed by atoms with Crippen LogP contribution in [0.5, 0.6) is 0 Å². The van der Waals surface area contributed by atoms with Gasteiger partial charge in [0, 0.05) is 24.4 Å². The number of thiophene rings is 1. The van der Waals surface area contributed by atoms with E-state index in [9.17, 15) is 19.7 Å². The number of aliphatic carboxylic acids is 1. The second-order valence-electron chi connectivity index (χ2n) is 4.68. The van der Waals surface area contributed by atoms with E-state index < -0.39 is 10.9 Å². The Hall–Kier alpha value is -1.96. The molecule has 0 bridgehead atoms. The highest BCUT2D eigenvalue weighted by Crippen LogP contribution is 2.22. The first-order valence-corrected chi connectivity index (χ1v) is 7.55. The van der Waals surface area contributed by atoms with Crippen molar-refractivity contribution in [1.29, 1.82) is 0 Å². The van der Waals surface area contributed by atoms with Crippen molar-refractivity contribution in [3.8, 4) is 0 Å². The molecule has 0 fully saturated rings. The van der Waals surface area contributed by atoms with Gasteiger partial charge in [-0.1, -0.05) is 24.7 Å². The van der Waals surface area contributed by atoms with Crippen LogP contribution in [0, 0.1) is 16.0 Å². The monoisotopic (exact) mass is 314 g/mol. The first kappa shape index (κ1) is 17.1. The number of carboxylic acid groups (broad SMARTS) is 1. The fourth-order valence-corrected chi connectivity index (χ4v) is 2.62. The number of amides is 1. The molecule has 2 N–H and O–H groups in total. The normalized spacial score (nSPS) is 11.9. The summed E-state index contributed by atoms with van der Waals surface area (Å²) in [6.07, 6.45) is 2.27. The summed E-state index contributed by atoms with van der Waals surface area (Å²) >= 11 is 0.916. The van der Waals surface area contributed by atoms with Gasteiger partial charge in [-0.25, -0.2) is 0 Å². The molecule has 0 aromatic carbocycles. The molecule has 1 rings (SSSR count). The summed E-state index contributed by atoms with van der Waals surface area (Å²) in [5, 5.41) is 23.3. The lowest BCUT2D eigenvalue weighted by atomic mass is 9.96. The maximum Gasteiger partial charge on any atom is 0.324 e. The second kappa shape index (κ2) is 8.35. The predicted octanol–water partition coefficient (Wildman–Crippen LogP) is 2.67. The number of hydrogen-bond donors (Lipinski definition) is 2. The summed E-state index contributed by atoms with van der Waals surface area (Å²) in [5.74, 6) is -0.909. The number of nitro groups is 1. The molecule has 7 nitrogen and oxygen atoms in total. The number of carboxylic acids is 1. The summed E-state index contributed by atoms with van der Waals surface area (Å²) in [6.45, 7) is 2.41. The van der Waals surface area contributed by atoms with E-state index in [1.165, 1.54) is 11.4 Å². The van der Waals surface area contributed by atoms with Gasteiger partial charge >= 0.3 is 11.0 Å². The molecule has 0 saturated heterocycles. The van der Waals surface area contributed by atoms with Gasteiger partial charge in [-0.15, -0.1) is 0 Å². The van der Waals surface area contributed by atoms with Gasteiger partial charge < -0.3 is 10.4 Å². The Morgan fingerprint density at radius 2 is 2.19 bits per heavy atom. The zero-order valence-corrected chi connectivity index (χ0v) is 12.5. The lowest BCUT2D eigenvalue weighted by Crippen LogP contribution is -2.25. The molecular weight excluding hydrogens is 296 g/mol. The predicted molar refractivity (Wildman–Crippen MR) is 78.6 cm³/mol. The maximum atomic E-state index is 11.8. The highest BCUT2D eigenvalue weighted by Gasteiger charge is 2.15. The topological polar surface area (TPSA) is 110 Å². The van der Waals surface area contributed by atoms with E-state index >= 15 is 0 Å². The molecule has 1 amide bonds. The third-order valence-corrected chi connectivity index (χ3v) is 4.09. The molecule has 1 heterocycles. The van der Waals surface area contributed by atoms with E-state index in [0.29, 0.717) is 19.4 Å². The Kier molecular flexibility index (Phi) is 6.80. The van der Waals surface area contributed by atoms with Crippen molar-refractivity contribution < 1.29 is 19.6 Å². The largest absolute Gasteiger partial charge is 0.481 e. The smallest absolute Gasteiger partial charge is 0.324 e. The SMILES string of the molecule is CCC(CCNC(=O)c1csc([N+](=O)[O-])c1)CCC(=O)O. The molecule has 0 radical (unpaired) electrons. The van der Waals surface area contributed by atoms with Crippen LogP contribution in [-0.2, 0) is 4.79 Å². The summed E-state index contributed by atoms with van der Waals surface area (Å²) in [5.41, 5.74) is 0.283. The van der Waals surface area contributed by atoms with Gasteiger partial charge in [0.2, 0.25) is 0 Å². The number of carbonyl (C=O) groups excluding carboxylic acids is 1. The molecule has 116 valence electrons. The zero-order chi connectivity index (χ0) is 15.8. The van der Waals surface area contributed by atoms with Crippen molar-refractivity contribution >= 4 is 28.2 Å². The molecular formula is C13H18N2O5S. The number of carbonyl (C=O) groups is 2. The van der Waals surface area contributed by atoms with Gasteiger partial charge in [0.15, 0.2) is 0 Å². The van der Waals surface area contributed by atoms with Gasteiger partial charge in [-0.2, -0.15) is 0 Å². The van der Waals surface area contributed by atoms with Crippen LogP contribution >= 0.6 is 11.3 Å². The van der Waals surface area contributed by atoms with Crippen LogP contribution in [0.3, 0.4) is 0 Å². The van der Waals surface area contributed by atoms with Crippen molar-refractivity contribution in [2.24, 2.45) is 5.92 Å². The van der Waals surface area contributed by atoms with Crippen LogP contribution in [-0.4, -0.2) is 28.5 Å². The van der Waals surface area contributed by atoms with E-state index in [1.54, 1.807) is 0 Å². The van der Waals surface area contributed by atoms with E-state index in [1.807, 2.05) is 6.92 Å². The molecule has 1 aromatic rings. The van der Waals surface area contributed by atoms with Crippen molar-refractivity contribution in [1.82, 2.24) is 5.32 Å². The van der Waals surface area contributed by atoms with Crippen molar-refractivity contribution in [3.63, 3.8) is 0 Å². The number of hydrogen-bond acceptors (Lipinski definition) is 5. The van der Waals surface area contributed by atoms with Crippen molar-refractivity contribution in [2.45, 2.75) is 32.6 Å². The van der Waals surface area contributed by atoms with E-state index in [2.05, 4.69) is 5.32 Å². The average molecular weight is 314 g/mol. The third-order valence-electron chi connectivity index (χ3n) is 3.21. The van der Waals surface area contributed by atoms with E-state index in [0.717, 1.165) is 17.8 Å². The van der Waals surface area contributed by atoms with Crippen LogP contribution in [0.4, 0.5) is 5.00 Å². The molecule has 1 aromatic heterocycles. The Morgan fingerprint density at radius 3 is 2.71 bits per heavy atom. The second-order valence-corrected chi connectivity index (χ2v) is 5.57. The highest BCUT2D eigenvalue weighted by molar-refractivity contribution is 7.13. The van der Waals surface area contributed by atoms with Crippen LogP contribution in [0.2, 0.25) is 0 Å². The van der Waals surface area contributed by atoms with Crippen LogP contribution in [0.1, 0.15) is 43.0 Å². The quantitative estimate of drug-likeness (QED) is 0.538. The Morgan fingerprint density at radius 1 is 1.48 bits per heavy atom. The first-order valence-electron chi connectivity index (χ1n) is 6.67. The first-order chi connectivity index (χ1) is 9.93. The fourth-order valence-electron chi connectivity index (χ4n) is 1.91. The summed E-state index contributed by atoms with van der Waals surface area (Å²) < 4.78 is 0. The third kappa shape index (κ3) is 5.90. The van der Waals surface area contributed by atoms with Gasteiger partial charge in [-0.3, -0.25) is 19.7 Å². The standard InChI is InChI=1S/C13H18N2O5S/c1-2-9(3-4-12(16)17)5-6-14-13(18)10-7-11(15(19)20)21-8-10/h7-9H,2-6H2,1H3,(H,14,18)(H,16,17). The number of rotatable bonds is 9. The summed E-state index contributed by atoms with van der Waals surface area (Å²) in [4.78, 5) is 32.3. The average Bonchev–Trinajstić information content (AvgIpc) is 2.92. The highest BCUT2D eigenvalue weighted by atomic mass is 32.1. The zero-order valence-electron chi connectivity index (χ0n) is 11.7. The fraction of sp³-hybridized carbons (Fsp3) is 0.538. The van der Waals surface area contributed by atoms with Gasteiger partial charge in [-0.05, 0) is 18.8 Å². The lowest BCUT2D eigenvalue weighted by molar-refractivity contribution is -0.380. The summed E-state index contributed by atoms with van der Waals surface area (Å²) in [7, 11) is 0. The molecule has 0 saturated carbocycles. The minimum atomic E-state index is -0.817. The van der Waals surface area contributed by atoms with Crippen LogP contribution in [0.25, 0.3) is 0 Å². The number of nitrogens with one attached hydrogen (secondary N) is 1. The molecule has 0 spiro atoms. The summed E-state index contributed by atoms with van der Waals surface area (Å²) in [6, 6.07) is 1.25. The van der Waals surface area contributed by atoms with Gasteiger partial charge in [0.25, 0.3) is 5.91 Å². The maximum absolute atomic E-state index is 11.8. The Balaban J connectivity index is 2.37. The van der Waals surface area contributed by atoms with Crippen molar-refractivity contribution in [3.05, 3.63) is 27.1 Å². The molecule has 21 heavy (non-hydrogen) atoms. The molecule has 1 unspecified atom stereocenters. The Bertz CT molecular complexity index is 514. The van der Waals surface area contributed by atoms with Crippen molar-refractivity contribution in [2.75, 3.05) is 6.54 Å².